The molecule has 4 nitrogen and oxygen atoms in total. The van der Waals surface area contributed by atoms with Gasteiger partial charge in [0, 0.05) is 45.6 Å². The molecule has 1 aliphatic rings. The normalized spacial score (nSPS) is 17.5. The van der Waals surface area contributed by atoms with E-state index in [1.54, 1.807) is 0 Å². The molecule has 27 heavy (non-hydrogen) atoms. The third kappa shape index (κ3) is 4.41. The van der Waals surface area contributed by atoms with Gasteiger partial charge in [0.2, 0.25) is 0 Å². The summed E-state index contributed by atoms with van der Waals surface area (Å²) in [6, 6.07) is 18.0. The van der Waals surface area contributed by atoms with Crippen molar-refractivity contribution in [2.24, 2.45) is 7.05 Å². The van der Waals surface area contributed by atoms with Crippen LogP contribution < -0.4 is 5.32 Å². The average molecular weight is 383 g/mol. The third-order valence-electron chi connectivity index (χ3n) is 5.21. The Hall–Kier alpha value is -2.14. The number of imidazole rings is 1. The number of nitrogens with zero attached hydrogens (tertiary/aromatic N) is 3. The lowest BCUT2D eigenvalue weighted by Gasteiger charge is -2.35. The van der Waals surface area contributed by atoms with Crippen LogP contribution in [0.2, 0.25) is 0 Å². The van der Waals surface area contributed by atoms with Gasteiger partial charge in [-0.15, -0.1) is 12.4 Å². The summed E-state index contributed by atoms with van der Waals surface area (Å²) >= 11 is 0. The van der Waals surface area contributed by atoms with Gasteiger partial charge < -0.3 is 9.88 Å². The van der Waals surface area contributed by atoms with E-state index < -0.39 is 0 Å². The van der Waals surface area contributed by atoms with Crippen LogP contribution >= 0.6 is 12.4 Å². The molecule has 0 spiro atoms. The second-order valence-corrected chi connectivity index (χ2v) is 7.15. The van der Waals surface area contributed by atoms with Crippen LogP contribution in [0.5, 0.6) is 0 Å². The van der Waals surface area contributed by atoms with E-state index in [1.807, 2.05) is 12.4 Å². The second-order valence-electron chi connectivity index (χ2n) is 7.15. The maximum absolute atomic E-state index is 4.59. The van der Waals surface area contributed by atoms with E-state index >= 15 is 0 Å². The van der Waals surface area contributed by atoms with Gasteiger partial charge in [-0.05, 0) is 29.7 Å². The zero-order valence-electron chi connectivity index (χ0n) is 15.9. The molecule has 1 fully saturated rings. The standard InChI is InChI=1S/C22H26N4.ClH/c1-17-6-8-19(9-7-17)20-5-3-4-18(14-20)16-26-13-10-23-15-21(26)22-24-11-12-25(22)2;/h3-9,11-12,14,21,23H,10,13,15-16H2,1-2H3;1H. The summed E-state index contributed by atoms with van der Waals surface area (Å²) in [5.41, 5.74) is 5.21. The summed E-state index contributed by atoms with van der Waals surface area (Å²) in [5, 5.41) is 3.51. The summed E-state index contributed by atoms with van der Waals surface area (Å²) in [5.74, 6) is 1.13. The predicted molar refractivity (Wildman–Crippen MR) is 113 cm³/mol. The van der Waals surface area contributed by atoms with Gasteiger partial charge in [0.15, 0.2) is 0 Å². The molecule has 3 aromatic rings. The zero-order chi connectivity index (χ0) is 17.9. The van der Waals surface area contributed by atoms with Crippen LogP contribution in [0.25, 0.3) is 11.1 Å². The fourth-order valence-corrected chi connectivity index (χ4v) is 3.72. The Labute approximate surface area is 167 Å². The Kier molecular flexibility index (Phi) is 6.32. The fourth-order valence-electron chi connectivity index (χ4n) is 3.72. The number of hydrogen-bond donors (Lipinski definition) is 1. The van der Waals surface area contributed by atoms with E-state index in [0.717, 1.165) is 32.0 Å². The average Bonchev–Trinajstić information content (AvgIpc) is 3.09. The topological polar surface area (TPSA) is 33.1 Å². The number of hydrogen-bond acceptors (Lipinski definition) is 3. The van der Waals surface area contributed by atoms with E-state index in [-0.39, 0.29) is 12.4 Å². The molecular weight excluding hydrogens is 356 g/mol. The van der Waals surface area contributed by atoms with Gasteiger partial charge in [0.05, 0.1) is 6.04 Å². The van der Waals surface area contributed by atoms with Crippen molar-refractivity contribution in [1.82, 2.24) is 19.8 Å². The minimum Gasteiger partial charge on any atom is -0.337 e. The van der Waals surface area contributed by atoms with Crippen LogP contribution in [-0.4, -0.2) is 34.1 Å². The number of nitrogens with one attached hydrogen (secondary N) is 1. The summed E-state index contributed by atoms with van der Waals surface area (Å²) < 4.78 is 2.13. The van der Waals surface area contributed by atoms with Crippen LogP contribution in [0, 0.1) is 6.92 Å². The highest BCUT2D eigenvalue weighted by Crippen LogP contribution is 2.25. The van der Waals surface area contributed by atoms with E-state index in [2.05, 4.69) is 82.3 Å². The molecule has 1 aliphatic heterocycles. The van der Waals surface area contributed by atoms with Crippen molar-refractivity contribution >= 4 is 12.4 Å². The van der Waals surface area contributed by atoms with Gasteiger partial charge in [-0.2, -0.15) is 0 Å². The Morgan fingerprint density at radius 3 is 2.67 bits per heavy atom. The van der Waals surface area contributed by atoms with Crippen LogP contribution in [0.3, 0.4) is 0 Å². The van der Waals surface area contributed by atoms with E-state index in [4.69, 9.17) is 0 Å². The first kappa shape index (κ1) is 19.6. The number of aryl methyl sites for hydroxylation is 2. The van der Waals surface area contributed by atoms with Gasteiger partial charge >= 0.3 is 0 Å². The molecule has 1 atom stereocenters. The molecule has 1 N–H and O–H groups in total. The molecule has 142 valence electrons. The summed E-state index contributed by atoms with van der Waals surface area (Å²) in [6.45, 7) is 6.08. The first-order valence-corrected chi connectivity index (χ1v) is 9.29. The first-order valence-electron chi connectivity index (χ1n) is 9.29. The quantitative estimate of drug-likeness (QED) is 0.741. The highest BCUT2D eigenvalue weighted by atomic mass is 35.5. The monoisotopic (exact) mass is 382 g/mol. The van der Waals surface area contributed by atoms with Gasteiger partial charge in [-0.25, -0.2) is 4.98 Å². The molecular formula is C22H27ClN4. The van der Waals surface area contributed by atoms with Gasteiger partial charge in [0.1, 0.15) is 5.82 Å². The highest BCUT2D eigenvalue weighted by molar-refractivity contribution is 5.85. The number of halogens is 1. The summed E-state index contributed by atoms with van der Waals surface area (Å²) in [4.78, 5) is 7.12. The molecule has 0 bridgehead atoms. The maximum atomic E-state index is 4.59. The van der Waals surface area contributed by atoms with Crippen molar-refractivity contribution < 1.29 is 0 Å². The van der Waals surface area contributed by atoms with Crippen molar-refractivity contribution in [3.8, 4) is 11.1 Å². The van der Waals surface area contributed by atoms with Crippen LogP contribution in [-0.2, 0) is 13.6 Å². The molecule has 2 heterocycles. The van der Waals surface area contributed by atoms with Gasteiger partial charge in [0.25, 0.3) is 0 Å². The third-order valence-corrected chi connectivity index (χ3v) is 5.21. The minimum absolute atomic E-state index is 0. The Bertz CT molecular complexity index is 872. The molecule has 1 saturated heterocycles. The van der Waals surface area contributed by atoms with Crippen LogP contribution in [0.1, 0.15) is 23.0 Å². The smallest absolute Gasteiger partial charge is 0.127 e. The Morgan fingerprint density at radius 2 is 1.93 bits per heavy atom. The lowest BCUT2D eigenvalue weighted by Crippen LogP contribution is -2.46. The van der Waals surface area contributed by atoms with Crippen LogP contribution in [0.15, 0.2) is 60.9 Å². The number of rotatable bonds is 4. The molecule has 0 aliphatic carbocycles. The molecule has 1 unspecified atom stereocenters. The summed E-state index contributed by atoms with van der Waals surface area (Å²) in [6.07, 6.45) is 3.92. The number of aromatic nitrogens is 2. The SMILES string of the molecule is Cc1ccc(-c2cccc(CN3CCNCC3c3nccn3C)c2)cc1.Cl. The number of benzene rings is 2. The predicted octanol–water partition coefficient (Wildman–Crippen LogP) is 3.96. The van der Waals surface area contributed by atoms with Crippen molar-refractivity contribution in [3.63, 3.8) is 0 Å². The molecule has 0 radical (unpaired) electrons. The van der Waals surface area contributed by atoms with E-state index in [1.165, 1.54) is 22.3 Å². The van der Waals surface area contributed by atoms with Crippen molar-refractivity contribution in [2.45, 2.75) is 19.5 Å². The van der Waals surface area contributed by atoms with E-state index in [9.17, 15) is 0 Å². The largest absolute Gasteiger partial charge is 0.337 e. The van der Waals surface area contributed by atoms with Crippen molar-refractivity contribution in [1.29, 1.82) is 0 Å². The lowest BCUT2D eigenvalue weighted by atomic mass is 10.0. The zero-order valence-corrected chi connectivity index (χ0v) is 16.7. The summed E-state index contributed by atoms with van der Waals surface area (Å²) in [7, 11) is 2.08. The second kappa shape index (κ2) is 8.70. The molecule has 5 heteroatoms. The molecule has 2 aromatic carbocycles. The van der Waals surface area contributed by atoms with Gasteiger partial charge in [-0.1, -0.05) is 48.0 Å². The molecule has 1 aromatic heterocycles. The fraction of sp³-hybridized carbons (Fsp3) is 0.318. The Morgan fingerprint density at radius 1 is 1.11 bits per heavy atom. The van der Waals surface area contributed by atoms with Gasteiger partial charge in [-0.3, -0.25) is 4.90 Å². The first-order chi connectivity index (χ1) is 12.7. The molecule has 0 saturated carbocycles. The van der Waals surface area contributed by atoms with Crippen LogP contribution in [0.4, 0.5) is 0 Å². The number of piperazine rings is 1. The maximum Gasteiger partial charge on any atom is 0.127 e. The molecule has 0 amide bonds. The minimum atomic E-state index is 0. The lowest BCUT2D eigenvalue weighted by molar-refractivity contribution is 0.145. The highest BCUT2D eigenvalue weighted by Gasteiger charge is 2.26. The molecule has 4 rings (SSSR count). The van der Waals surface area contributed by atoms with E-state index in [0.29, 0.717) is 6.04 Å². The Balaban J connectivity index is 0.00000210. The van der Waals surface area contributed by atoms with Crippen molar-refractivity contribution in [3.05, 3.63) is 77.9 Å². The van der Waals surface area contributed by atoms with Crippen molar-refractivity contribution in [2.75, 3.05) is 19.6 Å².